The quantitative estimate of drug-likeness (QED) is 0.0321. The molecule has 0 aromatic carbocycles. The maximum atomic E-state index is 12.4. The van der Waals surface area contributed by atoms with E-state index in [9.17, 15) is 19.8 Å². The Labute approximate surface area is 424 Å². The molecule has 0 bridgehead atoms. The Hall–Kier alpha value is -1.66. The lowest BCUT2D eigenvalue weighted by Gasteiger charge is -2.20. The Morgan fingerprint density at radius 2 is 0.691 bits per heavy atom. The second-order valence-electron chi connectivity index (χ2n) is 21.0. The Morgan fingerprint density at radius 1 is 0.397 bits per heavy atom. The highest BCUT2D eigenvalue weighted by Gasteiger charge is 2.18. The number of aliphatic hydroxyl groups excluding tert-OH is 2. The molecular formula is C62H119NO5. The molecule has 402 valence electrons. The van der Waals surface area contributed by atoms with Crippen LogP contribution in [0.4, 0.5) is 0 Å². The molecule has 0 aromatic heterocycles. The molecule has 0 aliphatic heterocycles. The predicted octanol–water partition coefficient (Wildman–Crippen LogP) is 19.0. The number of esters is 1. The van der Waals surface area contributed by atoms with Gasteiger partial charge in [0.2, 0.25) is 5.91 Å². The van der Waals surface area contributed by atoms with Gasteiger partial charge in [-0.1, -0.05) is 289 Å². The van der Waals surface area contributed by atoms with Crippen LogP contribution < -0.4 is 5.32 Å². The third kappa shape index (κ3) is 53.7. The van der Waals surface area contributed by atoms with E-state index in [0.29, 0.717) is 19.4 Å². The molecule has 0 radical (unpaired) electrons. The van der Waals surface area contributed by atoms with Gasteiger partial charge in [0.1, 0.15) is 0 Å². The fourth-order valence-electron chi connectivity index (χ4n) is 9.51. The number of nitrogens with one attached hydrogen (secondary N) is 1. The second-order valence-corrected chi connectivity index (χ2v) is 21.0. The third-order valence-corrected chi connectivity index (χ3v) is 14.2. The second kappa shape index (κ2) is 57.9. The molecule has 2 unspecified atom stereocenters. The van der Waals surface area contributed by atoms with Crippen LogP contribution in [0.1, 0.15) is 335 Å². The fraction of sp³-hybridized carbons (Fsp3) is 0.903. The van der Waals surface area contributed by atoms with Gasteiger partial charge in [-0.2, -0.15) is 0 Å². The molecule has 0 spiro atoms. The number of carbonyl (C=O) groups excluding carboxylic acids is 2. The standard InChI is InChI=1S/C62H119NO5/c1-3-5-7-9-11-13-15-31-36-40-44-48-52-56-62(67)68-57-53-49-45-41-37-33-30-28-26-24-22-20-18-17-19-21-23-25-27-29-32-35-39-43-47-51-55-61(66)63-59(58-64)60(65)54-50-46-42-38-34-16-14-12-10-8-6-4-2/h17,19,50,54,59-60,64-65H,3-16,18,20-49,51-53,55-58H2,1-2H3,(H,63,66)/b19-17-,54-50+. The maximum absolute atomic E-state index is 12.4. The molecule has 2 atom stereocenters. The van der Waals surface area contributed by atoms with E-state index in [2.05, 4.69) is 31.3 Å². The van der Waals surface area contributed by atoms with E-state index in [1.165, 1.54) is 270 Å². The number of aliphatic hydroxyl groups is 2. The van der Waals surface area contributed by atoms with Crippen LogP contribution in [-0.2, 0) is 14.3 Å². The van der Waals surface area contributed by atoms with Gasteiger partial charge >= 0.3 is 5.97 Å². The van der Waals surface area contributed by atoms with Gasteiger partial charge in [0.05, 0.1) is 25.4 Å². The summed E-state index contributed by atoms with van der Waals surface area (Å²) in [5.74, 6) is -0.0541. The van der Waals surface area contributed by atoms with Crippen molar-refractivity contribution in [1.82, 2.24) is 5.32 Å². The Morgan fingerprint density at radius 3 is 1.04 bits per heavy atom. The summed E-state index contributed by atoms with van der Waals surface area (Å²) in [5.41, 5.74) is 0. The number of hydrogen-bond donors (Lipinski definition) is 3. The molecule has 6 nitrogen and oxygen atoms in total. The lowest BCUT2D eigenvalue weighted by atomic mass is 10.0. The van der Waals surface area contributed by atoms with Gasteiger partial charge in [-0.05, 0) is 57.8 Å². The number of allylic oxidation sites excluding steroid dienone is 3. The molecule has 0 saturated carbocycles. The van der Waals surface area contributed by atoms with Crippen molar-refractivity contribution >= 4 is 11.9 Å². The van der Waals surface area contributed by atoms with Crippen LogP contribution >= 0.6 is 0 Å². The SMILES string of the molecule is CCCCCCCCCCCC/C=C/C(O)C(CO)NC(=O)CCCCCCCCCCCC/C=C\CCCCCCCCCCCCCCOC(=O)CCCCCCCCCCCCCCC. The lowest BCUT2D eigenvalue weighted by molar-refractivity contribution is -0.143. The minimum Gasteiger partial charge on any atom is -0.466 e. The average molecular weight is 959 g/mol. The van der Waals surface area contributed by atoms with Crippen molar-refractivity contribution in [2.45, 2.75) is 347 Å². The highest BCUT2D eigenvalue weighted by molar-refractivity contribution is 5.76. The van der Waals surface area contributed by atoms with Crippen LogP contribution in [0.15, 0.2) is 24.3 Å². The van der Waals surface area contributed by atoms with Crippen molar-refractivity contribution in [2.24, 2.45) is 0 Å². The highest BCUT2D eigenvalue weighted by atomic mass is 16.5. The van der Waals surface area contributed by atoms with Gasteiger partial charge in [-0.25, -0.2) is 0 Å². The normalized spacial score (nSPS) is 12.7. The van der Waals surface area contributed by atoms with Gasteiger partial charge in [-0.15, -0.1) is 0 Å². The molecule has 1 amide bonds. The summed E-state index contributed by atoms with van der Waals surface area (Å²) in [5, 5.41) is 23.0. The average Bonchev–Trinajstić information content (AvgIpc) is 3.34. The molecule has 0 aromatic rings. The van der Waals surface area contributed by atoms with Crippen LogP contribution in [0.5, 0.6) is 0 Å². The summed E-state index contributed by atoms with van der Waals surface area (Å²) >= 11 is 0. The molecule has 0 fully saturated rings. The number of unbranched alkanes of at least 4 members (excludes halogenated alkanes) is 44. The monoisotopic (exact) mass is 958 g/mol. The van der Waals surface area contributed by atoms with E-state index in [-0.39, 0.29) is 18.5 Å². The summed E-state index contributed by atoms with van der Waals surface area (Å²) < 4.78 is 5.48. The zero-order chi connectivity index (χ0) is 49.3. The number of ether oxygens (including phenoxy) is 1. The Bertz CT molecular complexity index is 1060. The molecule has 0 heterocycles. The molecule has 0 aliphatic rings. The smallest absolute Gasteiger partial charge is 0.305 e. The van der Waals surface area contributed by atoms with Crippen molar-refractivity contribution in [3.05, 3.63) is 24.3 Å². The van der Waals surface area contributed by atoms with Crippen LogP contribution in [0.25, 0.3) is 0 Å². The first kappa shape index (κ1) is 66.3. The van der Waals surface area contributed by atoms with Crippen molar-refractivity contribution < 1.29 is 24.5 Å². The number of rotatable bonds is 57. The number of carbonyl (C=O) groups is 2. The van der Waals surface area contributed by atoms with Gasteiger partial charge in [0, 0.05) is 12.8 Å². The van der Waals surface area contributed by atoms with E-state index < -0.39 is 12.1 Å². The minimum atomic E-state index is -0.844. The van der Waals surface area contributed by atoms with Gasteiger partial charge in [-0.3, -0.25) is 9.59 Å². The first-order chi connectivity index (χ1) is 33.5. The van der Waals surface area contributed by atoms with Crippen LogP contribution in [0.2, 0.25) is 0 Å². The first-order valence-corrected chi connectivity index (χ1v) is 30.6. The lowest BCUT2D eigenvalue weighted by Crippen LogP contribution is -2.45. The Kier molecular flexibility index (Phi) is 56.5. The van der Waals surface area contributed by atoms with Crippen molar-refractivity contribution in [3.63, 3.8) is 0 Å². The summed E-state index contributed by atoms with van der Waals surface area (Å²) in [4.78, 5) is 24.5. The highest BCUT2D eigenvalue weighted by Crippen LogP contribution is 2.17. The zero-order valence-corrected chi connectivity index (χ0v) is 45.9. The van der Waals surface area contributed by atoms with Gasteiger partial charge < -0.3 is 20.3 Å². The fourth-order valence-corrected chi connectivity index (χ4v) is 9.51. The summed E-state index contributed by atoms with van der Waals surface area (Å²) in [6.45, 7) is 4.91. The largest absolute Gasteiger partial charge is 0.466 e. The molecule has 3 N–H and O–H groups in total. The van der Waals surface area contributed by atoms with Crippen molar-refractivity contribution in [1.29, 1.82) is 0 Å². The number of hydrogen-bond acceptors (Lipinski definition) is 5. The van der Waals surface area contributed by atoms with Gasteiger partial charge in [0.25, 0.3) is 0 Å². The summed E-state index contributed by atoms with van der Waals surface area (Å²) in [7, 11) is 0. The van der Waals surface area contributed by atoms with E-state index in [4.69, 9.17) is 4.74 Å². The van der Waals surface area contributed by atoms with Crippen molar-refractivity contribution in [3.8, 4) is 0 Å². The number of amides is 1. The molecule has 0 aliphatic carbocycles. The zero-order valence-electron chi connectivity index (χ0n) is 45.9. The molecule has 0 rings (SSSR count). The van der Waals surface area contributed by atoms with E-state index in [1.54, 1.807) is 6.08 Å². The van der Waals surface area contributed by atoms with Crippen LogP contribution in [0.3, 0.4) is 0 Å². The molecule has 0 saturated heterocycles. The summed E-state index contributed by atoms with van der Waals surface area (Å²) in [6, 6.07) is -0.627. The molecule has 68 heavy (non-hydrogen) atoms. The van der Waals surface area contributed by atoms with Gasteiger partial charge in [0.15, 0.2) is 0 Å². The third-order valence-electron chi connectivity index (χ3n) is 14.2. The van der Waals surface area contributed by atoms with Crippen LogP contribution in [0, 0.1) is 0 Å². The first-order valence-electron chi connectivity index (χ1n) is 30.6. The maximum Gasteiger partial charge on any atom is 0.305 e. The minimum absolute atomic E-state index is 0.0155. The predicted molar refractivity (Wildman–Crippen MR) is 296 cm³/mol. The van der Waals surface area contributed by atoms with Crippen molar-refractivity contribution in [2.75, 3.05) is 13.2 Å². The molecular weight excluding hydrogens is 839 g/mol. The van der Waals surface area contributed by atoms with E-state index in [0.717, 1.165) is 38.5 Å². The summed E-state index contributed by atoms with van der Waals surface area (Å²) in [6.07, 6.45) is 70.8. The topological polar surface area (TPSA) is 95.9 Å². The van der Waals surface area contributed by atoms with Crippen LogP contribution in [-0.4, -0.2) is 47.4 Å². The Balaban J connectivity index is 3.39. The van der Waals surface area contributed by atoms with E-state index >= 15 is 0 Å². The van der Waals surface area contributed by atoms with E-state index in [1.807, 2.05) is 6.08 Å². The molecule has 6 heteroatoms.